The highest BCUT2D eigenvalue weighted by atomic mass is 127. The van der Waals surface area contributed by atoms with Crippen molar-refractivity contribution in [2.24, 2.45) is 5.92 Å². The molecule has 0 aromatic rings. The Labute approximate surface area is 147 Å². The molecule has 0 aromatic heterocycles. The summed E-state index contributed by atoms with van der Waals surface area (Å²) < 4.78 is 32.6. The molecule has 5 heteroatoms. The van der Waals surface area contributed by atoms with E-state index < -0.39 is 17.8 Å². The van der Waals surface area contributed by atoms with Crippen LogP contribution in [0, 0.1) is 5.92 Å². The standard InChI is InChI=1S/C17H31F2IO2/c1-4-7-8-9-10-11-12-13-15(20)14(5-2)17(18,19)16(21)22-6-3/h14-15H,4-13H2,1-3H3. The monoisotopic (exact) mass is 432 g/mol. The van der Waals surface area contributed by atoms with Gasteiger partial charge < -0.3 is 4.74 Å². The van der Waals surface area contributed by atoms with Crippen LogP contribution in [0.3, 0.4) is 0 Å². The molecule has 22 heavy (non-hydrogen) atoms. The Hall–Kier alpha value is 0.0600. The average molecular weight is 432 g/mol. The Morgan fingerprint density at radius 2 is 1.59 bits per heavy atom. The first-order valence-electron chi connectivity index (χ1n) is 8.60. The van der Waals surface area contributed by atoms with E-state index in [9.17, 15) is 13.6 Å². The largest absolute Gasteiger partial charge is 0.462 e. The lowest BCUT2D eigenvalue weighted by molar-refractivity contribution is -0.180. The molecular weight excluding hydrogens is 401 g/mol. The molecule has 0 fully saturated rings. The van der Waals surface area contributed by atoms with Crippen molar-refractivity contribution in [1.29, 1.82) is 0 Å². The molecule has 0 aliphatic heterocycles. The van der Waals surface area contributed by atoms with Crippen LogP contribution in [0.4, 0.5) is 8.78 Å². The Bertz CT molecular complexity index is 298. The second-order valence-electron chi connectivity index (χ2n) is 5.78. The first-order valence-corrected chi connectivity index (χ1v) is 9.85. The van der Waals surface area contributed by atoms with Gasteiger partial charge in [0.15, 0.2) is 0 Å². The van der Waals surface area contributed by atoms with Crippen molar-refractivity contribution in [3.05, 3.63) is 0 Å². The lowest BCUT2D eigenvalue weighted by Gasteiger charge is -2.28. The summed E-state index contributed by atoms with van der Waals surface area (Å²) in [5, 5.41) is 0. The van der Waals surface area contributed by atoms with Crippen molar-refractivity contribution < 1.29 is 18.3 Å². The van der Waals surface area contributed by atoms with Crippen molar-refractivity contribution in [3.8, 4) is 0 Å². The predicted molar refractivity (Wildman–Crippen MR) is 95.8 cm³/mol. The van der Waals surface area contributed by atoms with Crippen LogP contribution in [0.2, 0.25) is 0 Å². The number of hydrogen-bond acceptors (Lipinski definition) is 2. The molecule has 0 aromatic carbocycles. The number of hydrogen-bond donors (Lipinski definition) is 0. The summed E-state index contributed by atoms with van der Waals surface area (Å²) >= 11 is 2.08. The van der Waals surface area contributed by atoms with Crippen molar-refractivity contribution in [2.45, 2.75) is 88.4 Å². The van der Waals surface area contributed by atoms with Crippen LogP contribution >= 0.6 is 22.6 Å². The van der Waals surface area contributed by atoms with Crippen LogP contribution in [0.5, 0.6) is 0 Å². The van der Waals surface area contributed by atoms with E-state index in [1.807, 2.05) is 0 Å². The Morgan fingerprint density at radius 1 is 1.05 bits per heavy atom. The van der Waals surface area contributed by atoms with E-state index in [4.69, 9.17) is 0 Å². The number of carbonyl (C=O) groups is 1. The number of esters is 1. The molecule has 0 aliphatic rings. The highest BCUT2D eigenvalue weighted by Gasteiger charge is 2.50. The quantitative estimate of drug-likeness (QED) is 0.151. The van der Waals surface area contributed by atoms with Crippen LogP contribution in [-0.4, -0.2) is 22.4 Å². The first-order chi connectivity index (χ1) is 10.4. The van der Waals surface area contributed by atoms with E-state index in [1.165, 1.54) is 32.1 Å². The maximum Gasteiger partial charge on any atom is 0.377 e. The van der Waals surface area contributed by atoms with E-state index in [-0.39, 0.29) is 17.0 Å². The Kier molecular flexibility index (Phi) is 12.5. The van der Waals surface area contributed by atoms with Gasteiger partial charge in [-0.05, 0) is 19.8 Å². The zero-order chi connectivity index (χ0) is 17.0. The summed E-state index contributed by atoms with van der Waals surface area (Å²) in [5.74, 6) is -5.69. The van der Waals surface area contributed by atoms with Crippen LogP contribution in [0.1, 0.15) is 78.6 Å². The normalized spacial score (nSPS) is 14.6. The maximum atomic E-state index is 14.2. The molecule has 0 rings (SSSR count). The van der Waals surface area contributed by atoms with Gasteiger partial charge in [-0.1, -0.05) is 81.4 Å². The summed E-state index contributed by atoms with van der Waals surface area (Å²) in [7, 11) is 0. The fourth-order valence-corrected chi connectivity index (χ4v) is 4.02. The minimum atomic E-state index is -3.38. The van der Waals surface area contributed by atoms with Crippen molar-refractivity contribution in [2.75, 3.05) is 6.61 Å². The van der Waals surface area contributed by atoms with Gasteiger partial charge in [-0.25, -0.2) is 4.79 Å². The lowest BCUT2D eigenvalue weighted by atomic mass is 9.91. The Balaban J connectivity index is 4.18. The molecule has 0 radical (unpaired) electrons. The number of halogens is 3. The molecule has 0 saturated carbocycles. The van der Waals surface area contributed by atoms with Gasteiger partial charge in [0.25, 0.3) is 0 Å². The molecule has 132 valence electrons. The zero-order valence-electron chi connectivity index (χ0n) is 14.2. The second kappa shape index (κ2) is 12.5. The molecular formula is C17H31F2IO2. The molecule has 2 unspecified atom stereocenters. The van der Waals surface area contributed by atoms with Crippen molar-refractivity contribution >= 4 is 28.6 Å². The third-order valence-corrected chi connectivity index (χ3v) is 5.46. The highest BCUT2D eigenvalue weighted by Crippen LogP contribution is 2.37. The number of unbranched alkanes of at least 4 members (excludes halogenated alkanes) is 6. The third-order valence-electron chi connectivity index (χ3n) is 3.97. The molecule has 2 atom stereocenters. The fraction of sp³-hybridized carbons (Fsp3) is 0.941. The summed E-state index contributed by atoms with van der Waals surface area (Å²) in [5.41, 5.74) is 0. The van der Waals surface area contributed by atoms with E-state index in [0.717, 1.165) is 19.3 Å². The van der Waals surface area contributed by atoms with Gasteiger partial charge in [-0.3, -0.25) is 0 Å². The predicted octanol–water partition coefficient (Wildman–Crippen LogP) is 6.16. The van der Waals surface area contributed by atoms with Gasteiger partial charge in [-0.15, -0.1) is 0 Å². The average Bonchev–Trinajstić information content (AvgIpc) is 2.47. The summed E-state index contributed by atoms with van der Waals surface area (Å²) in [6.07, 6.45) is 9.25. The van der Waals surface area contributed by atoms with Gasteiger partial charge >= 0.3 is 11.9 Å². The van der Waals surface area contributed by atoms with Crippen molar-refractivity contribution in [1.82, 2.24) is 0 Å². The lowest BCUT2D eigenvalue weighted by Crippen LogP contribution is -2.42. The number of alkyl halides is 3. The molecule has 0 amide bonds. The number of carbonyl (C=O) groups excluding carboxylic acids is 1. The smallest absolute Gasteiger partial charge is 0.377 e. The SMILES string of the molecule is CCCCCCCCCC(I)C(CC)C(F)(F)C(=O)OCC. The summed E-state index contributed by atoms with van der Waals surface area (Å²) in [6, 6.07) is 0. The molecule has 0 heterocycles. The topological polar surface area (TPSA) is 26.3 Å². The fourth-order valence-electron chi connectivity index (χ4n) is 2.62. The maximum absolute atomic E-state index is 14.2. The molecule has 0 bridgehead atoms. The summed E-state index contributed by atoms with van der Waals surface area (Å²) in [6.45, 7) is 5.45. The van der Waals surface area contributed by atoms with Crippen LogP contribution < -0.4 is 0 Å². The van der Waals surface area contributed by atoms with Gasteiger partial charge in [-0.2, -0.15) is 8.78 Å². The van der Waals surface area contributed by atoms with Crippen LogP contribution in [0.25, 0.3) is 0 Å². The van der Waals surface area contributed by atoms with Crippen molar-refractivity contribution in [3.63, 3.8) is 0 Å². The molecule has 0 aliphatic carbocycles. The van der Waals surface area contributed by atoms with E-state index in [0.29, 0.717) is 0 Å². The number of rotatable bonds is 13. The van der Waals surface area contributed by atoms with Gasteiger partial charge in [0, 0.05) is 9.84 Å². The van der Waals surface area contributed by atoms with Gasteiger partial charge in [0.05, 0.1) is 6.61 Å². The highest BCUT2D eigenvalue weighted by molar-refractivity contribution is 14.1. The molecule has 0 saturated heterocycles. The summed E-state index contributed by atoms with van der Waals surface area (Å²) in [4.78, 5) is 11.5. The van der Waals surface area contributed by atoms with Gasteiger partial charge in [0.1, 0.15) is 0 Å². The zero-order valence-corrected chi connectivity index (χ0v) is 16.3. The molecule has 2 nitrogen and oxygen atoms in total. The minimum absolute atomic E-state index is 0.00543. The minimum Gasteiger partial charge on any atom is -0.462 e. The van der Waals surface area contributed by atoms with E-state index >= 15 is 0 Å². The number of ether oxygens (including phenoxy) is 1. The van der Waals surface area contributed by atoms with Gasteiger partial charge in [0.2, 0.25) is 0 Å². The second-order valence-corrected chi connectivity index (χ2v) is 7.38. The van der Waals surface area contributed by atoms with Crippen LogP contribution in [-0.2, 0) is 9.53 Å². The Morgan fingerprint density at radius 3 is 2.09 bits per heavy atom. The molecule has 0 spiro atoms. The first kappa shape index (κ1) is 22.1. The molecule has 0 N–H and O–H groups in total. The third kappa shape index (κ3) is 8.06. The van der Waals surface area contributed by atoms with E-state index in [1.54, 1.807) is 13.8 Å². The van der Waals surface area contributed by atoms with E-state index in [2.05, 4.69) is 34.3 Å². The van der Waals surface area contributed by atoms with Crippen LogP contribution in [0.15, 0.2) is 0 Å².